The summed E-state index contributed by atoms with van der Waals surface area (Å²) in [5, 5.41) is 0. The average molecular weight is 153 g/mol. The van der Waals surface area contributed by atoms with Crippen LogP contribution in [0, 0.1) is 41.4 Å². The van der Waals surface area contributed by atoms with Crippen LogP contribution in [0.1, 0.15) is 6.42 Å². The molecular weight excluding hydrogens is 144 g/mol. The van der Waals surface area contributed by atoms with Crippen LogP contribution in [-0.2, 0) is 0 Å². The molecule has 0 N–H and O–H groups in total. The van der Waals surface area contributed by atoms with Crippen molar-refractivity contribution in [3.05, 3.63) is 0 Å². The number of alkyl halides is 1. The predicted molar refractivity (Wildman–Crippen MR) is 37.6 cm³/mol. The zero-order chi connectivity index (χ0) is 6.25. The molecule has 0 aromatic heterocycles. The maximum atomic E-state index is 6.49. The molecule has 6 saturated carbocycles. The van der Waals surface area contributed by atoms with Crippen molar-refractivity contribution < 1.29 is 0 Å². The maximum absolute atomic E-state index is 6.49. The molecule has 6 aliphatic rings. The van der Waals surface area contributed by atoms with E-state index in [1.165, 1.54) is 5.92 Å². The van der Waals surface area contributed by atoms with Gasteiger partial charge in [0, 0.05) is 0 Å². The van der Waals surface area contributed by atoms with Crippen molar-refractivity contribution in [3.8, 4) is 0 Å². The van der Waals surface area contributed by atoms with Crippen LogP contribution in [0.3, 0.4) is 0 Å². The normalized spacial score (nSPS) is 97.5. The number of hydrogen-bond acceptors (Lipinski definition) is 0. The Hall–Kier alpha value is 0.290. The van der Waals surface area contributed by atoms with Crippen molar-refractivity contribution in [3.63, 3.8) is 0 Å². The van der Waals surface area contributed by atoms with E-state index in [0.717, 1.165) is 35.5 Å². The summed E-state index contributed by atoms with van der Waals surface area (Å²) in [6.45, 7) is 0. The fraction of sp³-hybridized carbons (Fsp3) is 1.00. The fourth-order valence-corrected chi connectivity index (χ4v) is 6.65. The zero-order valence-electron chi connectivity index (χ0n) is 5.63. The first kappa shape index (κ1) is 4.35. The van der Waals surface area contributed by atoms with E-state index in [1.807, 2.05) is 0 Å². The average Bonchev–Trinajstić information content (AvgIpc) is 2.15. The molecule has 0 amide bonds. The molecule has 6 rings (SSSR count). The third kappa shape index (κ3) is 0.149. The molecule has 0 saturated heterocycles. The van der Waals surface area contributed by atoms with Gasteiger partial charge in [0.1, 0.15) is 0 Å². The van der Waals surface area contributed by atoms with Crippen LogP contribution in [0.2, 0.25) is 0 Å². The molecule has 1 heteroatoms. The largest absolute Gasteiger partial charge is 0.118 e. The summed E-state index contributed by atoms with van der Waals surface area (Å²) in [6, 6.07) is 0. The Kier molecular flexibility index (Phi) is 0.347. The minimum Gasteiger partial charge on any atom is -0.118 e. The molecule has 6 aliphatic carbocycles. The van der Waals surface area contributed by atoms with E-state index in [9.17, 15) is 0 Å². The fourth-order valence-electron chi connectivity index (χ4n) is 5.74. The molecular formula is C9H9Cl. The molecule has 0 heterocycles. The van der Waals surface area contributed by atoms with Gasteiger partial charge in [0.15, 0.2) is 0 Å². The molecule has 4 atom stereocenters. The first-order chi connectivity index (χ1) is 4.85. The van der Waals surface area contributed by atoms with E-state index in [0.29, 0.717) is 4.87 Å². The maximum Gasteiger partial charge on any atom is 0.0547 e. The summed E-state index contributed by atoms with van der Waals surface area (Å²) in [5.74, 6) is 7.70. The quantitative estimate of drug-likeness (QED) is 0.464. The van der Waals surface area contributed by atoms with Crippen LogP contribution < -0.4 is 0 Å². The lowest BCUT2D eigenvalue weighted by molar-refractivity contribution is -0.357. The molecule has 0 aromatic carbocycles. The van der Waals surface area contributed by atoms with Gasteiger partial charge in [-0.15, -0.1) is 11.6 Å². The predicted octanol–water partition coefficient (Wildman–Crippen LogP) is 1.74. The monoisotopic (exact) mass is 152 g/mol. The molecule has 0 spiro atoms. The summed E-state index contributed by atoms with van der Waals surface area (Å²) in [5.41, 5.74) is 0. The van der Waals surface area contributed by atoms with Crippen molar-refractivity contribution in [1.29, 1.82) is 0 Å². The third-order valence-electron chi connectivity index (χ3n) is 5.65. The van der Waals surface area contributed by atoms with Crippen molar-refractivity contribution in [2.45, 2.75) is 11.3 Å². The van der Waals surface area contributed by atoms with E-state index in [4.69, 9.17) is 11.6 Å². The Labute approximate surface area is 64.9 Å². The van der Waals surface area contributed by atoms with Crippen LogP contribution in [0.5, 0.6) is 0 Å². The second-order valence-corrected chi connectivity index (χ2v) is 5.78. The smallest absolute Gasteiger partial charge is 0.0547 e. The number of rotatable bonds is 0. The second-order valence-electron chi connectivity index (χ2n) is 5.12. The van der Waals surface area contributed by atoms with E-state index in [1.54, 1.807) is 6.42 Å². The van der Waals surface area contributed by atoms with Crippen molar-refractivity contribution in [1.82, 2.24) is 0 Å². The highest BCUT2D eigenvalue weighted by molar-refractivity contribution is 6.27. The first-order valence-corrected chi connectivity index (χ1v) is 4.92. The van der Waals surface area contributed by atoms with Crippen molar-refractivity contribution in [2.24, 2.45) is 41.4 Å². The van der Waals surface area contributed by atoms with Crippen molar-refractivity contribution in [2.75, 3.05) is 0 Å². The molecule has 0 aromatic rings. The Morgan fingerprint density at radius 1 is 1.00 bits per heavy atom. The van der Waals surface area contributed by atoms with E-state index in [-0.39, 0.29) is 0 Å². The third-order valence-corrected chi connectivity index (χ3v) is 6.40. The first-order valence-electron chi connectivity index (χ1n) is 4.54. The molecule has 2 bridgehead atoms. The van der Waals surface area contributed by atoms with Crippen LogP contribution >= 0.6 is 11.6 Å². The Morgan fingerprint density at radius 3 is 2.20 bits per heavy atom. The standard InChI is InChI=1S/C9H9Cl/c10-9-6-3-1-2-4(6)8(9)5(2)7(3)9/h2-8H,1H2. The molecule has 4 unspecified atom stereocenters. The highest BCUT2D eigenvalue weighted by atomic mass is 35.5. The molecule has 0 aliphatic heterocycles. The van der Waals surface area contributed by atoms with Gasteiger partial charge in [-0.3, -0.25) is 0 Å². The molecule has 52 valence electrons. The van der Waals surface area contributed by atoms with Gasteiger partial charge in [0.2, 0.25) is 0 Å². The van der Waals surface area contributed by atoms with Crippen LogP contribution in [0.25, 0.3) is 0 Å². The molecule has 0 nitrogen and oxygen atoms in total. The zero-order valence-corrected chi connectivity index (χ0v) is 6.38. The Balaban J connectivity index is 1.91. The molecule has 10 heavy (non-hydrogen) atoms. The minimum absolute atomic E-state index is 0.424. The minimum atomic E-state index is 0.424. The van der Waals surface area contributed by atoms with E-state index in [2.05, 4.69) is 0 Å². The molecule has 0 radical (unpaired) electrons. The molecule has 6 fully saturated rings. The Morgan fingerprint density at radius 2 is 1.70 bits per heavy atom. The lowest BCUT2D eigenvalue weighted by Gasteiger charge is -2.88. The van der Waals surface area contributed by atoms with Gasteiger partial charge in [0.05, 0.1) is 4.87 Å². The second kappa shape index (κ2) is 0.798. The van der Waals surface area contributed by atoms with Crippen LogP contribution in [0.4, 0.5) is 0 Å². The summed E-state index contributed by atoms with van der Waals surface area (Å²) in [6.07, 6.45) is 1.58. The van der Waals surface area contributed by atoms with Gasteiger partial charge in [-0.05, 0) is 47.8 Å². The van der Waals surface area contributed by atoms with Crippen molar-refractivity contribution >= 4 is 11.6 Å². The SMILES string of the molecule is ClC12C3C4CC5C3C1C5C42. The summed E-state index contributed by atoms with van der Waals surface area (Å²) < 4.78 is 0. The summed E-state index contributed by atoms with van der Waals surface area (Å²) in [7, 11) is 0. The topological polar surface area (TPSA) is 0 Å². The van der Waals surface area contributed by atoms with E-state index >= 15 is 0 Å². The van der Waals surface area contributed by atoms with Gasteiger partial charge >= 0.3 is 0 Å². The van der Waals surface area contributed by atoms with Gasteiger partial charge < -0.3 is 0 Å². The number of halogens is 1. The van der Waals surface area contributed by atoms with Crippen LogP contribution in [-0.4, -0.2) is 4.87 Å². The lowest BCUT2D eigenvalue weighted by Crippen LogP contribution is -2.90. The highest BCUT2D eigenvalue weighted by Gasteiger charge is 2.97. The highest BCUT2D eigenvalue weighted by Crippen LogP contribution is 2.97. The van der Waals surface area contributed by atoms with Gasteiger partial charge in [-0.2, -0.15) is 0 Å². The summed E-state index contributed by atoms with van der Waals surface area (Å²) in [4.78, 5) is 0.424. The van der Waals surface area contributed by atoms with Crippen LogP contribution in [0.15, 0.2) is 0 Å². The van der Waals surface area contributed by atoms with Gasteiger partial charge in [-0.1, -0.05) is 0 Å². The lowest BCUT2D eigenvalue weighted by atomic mass is 9.19. The number of hydrogen-bond donors (Lipinski definition) is 0. The van der Waals surface area contributed by atoms with Gasteiger partial charge in [0.25, 0.3) is 0 Å². The van der Waals surface area contributed by atoms with E-state index < -0.39 is 0 Å². The summed E-state index contributed by atoms with van der Waals surface area (Å²) >= 11 is 6.49. The van der Waals surface area contributed by atoms with Gasteiger partial charge in [-0.25, -0.2) is 0 Å². The Bertz CT molecular complexity index is 248.